The van der Waals surface area contributed by atoms with Crippen molar-refractivity contribution in [3.8, 4) is 5.75 Å². The third-order valence-corrected chi connectivity index (χ3v) is 3.41. The van der Waals surface area contributed by atoms with Crippen LogP contribution in [0, 0.1) is 0 Å². The summed E-state index contributed by atoms with van der Waals surface area (Å²) in [6.45, 7) is 5.01. The number of rotatable bonds is 5. The Hall–Kier alpha value is -1.06. The Kier molecular flexibility index (Phi) is 4.61. The zero-order valence-corrected chi connectivity index (χ0v) is 11.4. The molecule has 18 heavy (non-hydrogen) atoms. The van der Waals surface area contributed by atoms with Gasteiger partial charge in [-0.2, -0.15) is 0 Å². The molecule has 0 unspecified atom stereocenters. The summed E-state index contributed by atoms with van der Waals surface area (Å²) in [6, 6.07) is 5.25. The molecule has 0 amide bonds. The van der Waals surface area contributed by atoms with E-state index in [0.717, 1.165) is 13.1 Å². The van der Waals surface area contributed by atoms with Gasteiger partial charge < -0.3 is 4.74 Å². The molecule has 1 aromatic carbocycles. The Morgan fingerprint density at radius 2 is 2.11 bits per heavy atom. The minimum absolute atomic E-state index is 0.127. The lowest BCUT2D eigenvalue weighted by molar-refractivity contribution is 0.0945. The molecule has 0 aromatic heterocycles. The van der Waals surface area contributed by atoms with E-state index in [2.05, 4.69) is 4.90 Å². The number of benzene rings is 1. The molecule has 0 bridgehead atoms. The third kappa shape index (κ3) is 3.24. The van der Waals surface area contributed by atoms with Crippen LogP contribution in [-0.4, -0.2) is 36.9 Å². The largest absolute Gasteiger partial charge is 0.492 e. The number of hydrogen-bond acceptors (Lipinski definition) is 3. The number of likely N-dealkylation sites (tertiary alicyclic amines) is 1. The second kappa shape index (κ2) is 6.21. The molecule has 0 atom stereocenters. The molecule has 0 saturated carbocycles. The Labute approximate surface area is 113 Å². The molecule has 1 aromatic rings. The van der Waals surface area contributed by atoms with Gasteiger partial charge in [-0.25, -0.2) is 0 Å². The molecule has 0 N–H and O–H groups in total. The van der Waals surface area contributed by atoms with Crippen LogP contribution in [0.5, 0.6) is 5.75 Å². The van der Waals surface area contributed by atoms with Crippen molar-refractivity contribution in [3.63, 3.8) is 0 Å². The fraction of sp³-hybridized carbons (Fsp3) is 0.500. The maximum Gasteiger partial charge on any atom is 0.176 e. The molecule has 1 heterocycles. The summed E-state index contributed by atoms with van der Waals surface area (Å²) in [7, 11) is 0. The van der Waals surface area contributed by atoms with Crippen LogP contribution in [-0.2, 0) is 0 Å². The highest BCUT2D eigenvalue weighted by molar-refractivity contribution is 6.32. The second-order valence-corrected chi connectivity index (χ2v) is 4.89. The van der Waals surface area contributed by atoms with E-state index in [0.29, 0.717) is 29.5 Å². The quantitative estimate of drug-likeness (QED) is 0.768. The fourth-order valence-electron chi connectivity index (χ4n) is 2.18. The van der Waals surface area contributed by atoms with Crippen LogP contribution < -0.4 is 4.74 Å². The number of ketones is 1. The van der Waals surface area contributed by atoms with Gasteiger partial charge in [0.05, 0.1) is 18.2 Å². The second-order valence-electron chi connectivity index (χ2n) is 4.48. The average molecular weight is 268 g/mol. The SMILES string of the molecule is CCOc1ccc(C(=O)CN2CCCC2)cc1Cl. The van der Waals surface area contributed by atoms with E-state index in [9.17, 15) is 4.79 Å². The molecule has 98 valence electrons. The number of nitrogens with zero attached hydrogens (tertiary/aromatic N) is 1. The molecular formula is C14H18ClNO2. The molecule has 1 aliphatic heterocycles. The molecule has 0 radical (unpaired) electrons. The lowest BCUT2D eigenvalue weighted by Gasteiger charge is -2.13. The van der Waals surface area contributed by atoms with Crippen LogP contribution in [0.1, 0.15) is 30.1 Å². The summed E-state index contributed by atoms with van der Waals surface area (Å²) in [6.07, 6.45) is 2.38. The number of Topliss-reactive ketones (excluding diaryl/α,β-unsaturated/α-hetero) is 1. The molecular weight excluding hydrogens is 250 g/mol. The van der Waals surface area contributed by atoms with Crippen LogP contribution in [0.25, 0.3) is 0 Å². The van der Waals surface area contributed by atoms with Crippen molar-refractivity contribution in [2.75, 3.05) is 26.2 Å². The summed E-state index contributed by atoms with van der Waals surface area (Å²) in [5.41, 5.74) is 0.662. The van der Waals surface area contributed by atoms with Gasteiger partial charge in [0.15, 0.2) is 5.78 Å². The maximum atomic E-state index is 12.1. The van der Waals surface area contributed by atoms with Crippen molar-refractivity contribution in [3.05, 3.63) is 28.8 Å². The van der Waals surface area contributed by atoms with Crippen LogP contribution in [0.2, 0.25) is 5.02 Å². The highest BCUT2D eigenvalue weighted by Crippen LogP contribution is 2.25. The molecule has 3 nitrogen and oxygen atoms in total. The van der Waals surface area contributed by atoms with Gasteiger partial charge in [-0.05, 0) is 51.1 Å². The Balaban J connectivity index is 2.03. The Morgan fingerprint density at radius 3 is 2.72 bits per heavy atom. The lowest BCUT2D eigenvalue weighted by atomic mass is 10.1. The fourth-order valence-corrected chi connectivity index (χ4v) is 2.42. The number of hydrogen-bond donors (Lipinski definition) is 0. The van der Waals surface area contributed by atoms with Gasteiger partial charge in [0.1, 0.15) is 5.75 Å². The first-order valence-electron chi connectivity index (χ1n) is 6.38. The number of carbonyl (C=O) groups is 1. The summed E-state index contributed by atoms with van der Waals surface area (Å²) in [4.78, 5) is 14.3. The normalized spacial score (nSPS) is 15.9. The third-order valence-electron chi connectivity index (χ3n) is 3.12. The topological polar surface area (TPSA) is 29.5 Å². The smallest absolute Gasteiger partial charge is 0.176 e. The zero-order valence-electron chi connectivity index (χ0n) is 10.6. The minimum Gasteiger partial charge on any atom is -0.492 e. The van der Waals surface area contributed by atoms with Crippen molar-refractivity contribution in [1.29, 1.82) is 0 Å². The van der Waals surface area contributed by atoms with Gasteiger partial charge in [0.2, 0.25) is 0 Å². The first-order valence-corrected chi connectivity index (χ1v) is 6.76. The van der Waals surface area contributed by atoms with Crippen molar-refractivity contribution >= 4 is 17.4 Å². The van der Waals surface area contributed by atoms with Crippen LogP contribution in [0.15, 0.2) is 18.2 Å². The molecule has 0 aliphatic carbocycles. The molecule has 1 aliphatic rings. The van der Waals surface area contributed by atoms with Gasteiger partial charge in [0, 0.05) is 5.56 Å². The first kappa shape index (κ1) is 13.4. The van der Waals surface area contributed by atoms with E-state index in [4.69, 9.17) is 16.3 Å². The van der Waals surface area contributed by atoms with Gasteiger partial charge >= 0.3 is 0 Å². The lowest BCUT2D eigenvalue weighted by Crippen LogP contribution is -2.26. The number of carbonyl (C=O) groups excluding carboxylic acids is 1. The van der Waals surface area contributed by atoms with Gasteiger partial charge in [-0.15, -0.1) is 0 Å². The maximum absolute atomic E-state index is 12.1. The van der Waals surface area contributed by atoms with Crippen molar-refractivity contribution in [2.45, 2.75) is 19.8 Å². The summed E-state index contributed by atoms with van der Waals surface area (Å²) in [5.74, 6) is 0.763. The predicted octanol–water partition coefficient (Wildman–Crippen LogP) is 3.02. The van der Waals surface area contributed by atoms with Crippen LogP contribution in [0.4, 0.5) is 0 Å². The van der Waals surface area contributed by atoms with E-state index in [1.165, 1.54) is 12.8 Å². The molecule has 0 spiro atoms. The Morgan fingerprint density at radius 1 is 1.39 bits per heavy atom. The van der Waals surface area contributed by atoms with E-state index in [-0.39, 0.29) is 5.78 Å². The average Bonchev–Trinajstić information content (AvgIpc) is 2.84. The van der Waals surface area contributed by atoms with E-state index < -0.39 is 0 Å². The number of halogens is 1. The number of ether oxygens (including phenoxy) is 1. The van der Waals surface area contributed by atoms with E-state index in [1.54, 1.807) is 18.2 Å². The molecule has 1 saturated heterocycles. The monoisotopic (exact) mass is 267 g/mol. The Bertz CT molecular complexity index is 428. The predicted molar refractivity (Wildman–Crippen MR) is 72.6 cm³/mol. The van der Waals surface area contributed by atoms with Crippen molar-refractivity contribution in [2.24, 2.45) is 0 Å². The molecule has 4 heteroatoms. The zero-order chi connectivity index (χ0) is 13.0. The summed E-state index contributed by atoms with van der Waals surface area (Å²) in [5, 5.41) is 0.504. The van der Waals surface area contributed by atoms with Crippen molar-refractivity contribution < 1.29 is 9.53 Å². The highest BCUT2D eigenvalue weighted by Gasteiger charge is 2.17. The van der Waals surface area contributed by atoms with Gasteiger partial charge in [0.25, 0.3) is 0 Å². The van der Waals surface area contributed by atoms with Crippen LogP contribution in [0.3, 0.4) is 0 Å². The standard InChI is InChI=1S/C14H18ClNO2/c1-2-18-14-6-5-11(9-12(14)15)13(17)10-16-7-3-4-8-16/h5-6,9H,2-4,7-8,10H2,1H3. The van der Waals surface area contributed by atoms with E-state index in [1.807, 2.05) is 6.92 Å². The summed E-state index contributed by atoms with van der Waals surface area (Å²) < 4.78 is 5.35. The first-order chi connectivity index (χ1) is 8.70. The van der Waals surface area contributed by atoms with E-state index >= 15 is 0 Å². The van der Waals surface area contributed by atoms with Gasteiger partial charge in [-0.3, -0.25) is 9.69 Å². The minimum atomic E-state index is 0.127. The van der Waals surface area contributed by atoms with Crippen molar-refractivity contribution in [1.82, 2.24) is 4.90 Å². The van der Waals surface area contributed by atoms with Crippen LogP contribution >= 0.6 is 11.6 Å². The van der Waals surface area contributed by atoms with Gasteiger partial charge in [-0.1, -0.05) is 11.6 Å². The highest BCUT2D eigenvalue weighted by atomic mass is 35.5. The molecule has 1 fully saturated rings. The summed E-state index contributed by atoms with van der Waals surface area (Å²) >= 11 is 6.08. The molecule has 2 rings (SSSR count).